The average molecular weight is 668 g/mol. The number of nitrogens with zero attached hydrogens (tertiary/aromatic N) is 1. The van der Waals surface area contributed by atoms with Crippen molar-refractivity contribution in [3.05, 3.63) is 176 Å². The van der Waals surface area contributed by atoms with Crippen molar-refractivity contribution in [2.75, 3.05) is 0 Å². The van der Waals surface area contributed by atoms with E-state index in [1.807, 2.05) is 17.4 Å². The minimum Gasteiger partial charge on any atom is -0.454 e. The molecule has 11 rings (SSSR count). The maximum absolute atomic E-state index is 6.65. The molecule has 51 heavy (non-hydrogen) atoms. The van der Waals surface area contributed by atoms with E-state index in [-0.39, 0.29) is 0 Å². The lowest BCUT2D eigenvalue weighted by atomic mass is 9.98. The highest BCUT2D eigenvalue weighted by Crippen LogP contribution is 2.43. The topological polar surface area (TPSA) is 18.1 Å². The zero-order valence-corrected chi connectivity index (χ0v) is 28.3. The highest BCUT2D eigenvalue weighted by molar-refractivity contribution is 7.26. The van der Waals surface area contributed by atoms with Gasteiger partial charge in [0.05, 0.1) is 11.0 Å². The van der Waals surface area contributed by atoms with Gasteiger partial charge in [-0.3, -0.25) is 0 Å². The number of hydrogen-bond donors (Lipinski definition) is 0. The normalized spacial score (nSPS) is 11.9. The highest BCUT2D eigenvalue weighted by atomic mass is 32.1. The molecule has 3 heterocycles. The molecule has 0 N–H and O–H groups in total. The molecule has 0 radical (unpaired) electrons. The molecular formula is C48H29NOS. The number of aromatic nitrogens is 1. The van der Waals surface area contributed by atoms with E-state index in [1.165, 1.54) is 64.3 Å². The summed E-state index contributed by atoms with van der Waals surface area (Å²) in [4.78, 5) is 0. The second kappa shape index (κ2) is 11.0. The summed E-state index contributed by atoms with van der Waals surface area (Å²) >= 11 is 1.88. The Kier molecular flexibility index (Phi) is 6.16. The first kappa shape index (κ1) is 28.4. The Morgan fingerprint density at radius 1 is 0.412 bits per heavy atom. The van der Waals surface area contributed by atoms with Crippen LogP contribution < -0.4 is 0 Å². The highest BCUT2D eigenvalue weighted by Gasteiger charge is 2.20. The lowest BCUT2D eigenvalue weighted by Crippen LogP contribution is -1.94. The first-order valence-electron chi connectivity index (χ1n) is 17.3. The summed E-state index contributed by atoms with van der Waals surface area (Å²) in [5, 5.41) is 7.31. The molecule has 0 atom stereocenters. The van der Waals surface area contributed by atoms with Crippen LogP contribution in [0.4, 0.5) is 0 Å². The third kappa shape index (κ3) is 4.35. The molecule has 0 aliphatic rings. The molecule has 0 saturated heterocycles. The molecule has 2 nitrogen and oxygen atoms in total. The smallest absolute Gasteiger partial charge is 0.160 e. The van der Waals surface area contributed by atoms with Crippen molar-refractivity contribution >= 4 is 75.3 Å². The van der Waals surface area contributed by atoms with Gasteiger partial charge in [0, 0.05) is 47.4 Å². The van der Waals surface area contributed by atoms with E-state index in [9.17, 15) is 0 Å². The van der Waals surface area contributed by atoms with Crippen LogP contribution in [0.3, 0.4) is 0 Å². The zero-order chi connectivity index (χ0) is 33.5. The van der Waals surface area contributed by atoms with Gasteiger partial charge >= 0.3 is 0 Å². The number of thiophene rings is 1. The van der Waals surface area contributed by atoms with Crippen molar-refractivity contribution in [3.63, 3.8) is 0 Å². The number of fused-ring (bicyclic) bond motifs is 10. The molecule has 0 unspecified atom stereocenters. The number of rotatable bonds is 4. The first-order valence-corrected chi connectivity index (χ1v) is 18.2. The SMILES string of the molecule is c1ccc(-c2ccc3c(c2)c2ccc4c5ccccc5oc4c2n3-c2ccc(-c3cccc(-c4cccc5c4sc4ccccc45)c3)cc2)cc1. The summed E-state index contributed by atoms with van der Waals surface area (Å²) < 4.78 is 11.7. The van der Waals surface area contributed by atoms with Crippen LogP contribution >= 0.6 is 11.3 Å². The summed E-state index contributed by atoms with van der Waals surface area (Å²) in [6.07, 6.45) is 0. The fourth-order valence-corrected chi connectivity index (χ4v) is 9.24. The molecule has 0 spiro atoms. The van der Waals surface area contributed by atoms with Crippen LogP contribution in [-0.4, -0.2) is 4.57 Å². The molecule has 0 aliphatic heterocycles. The van der Waals surface area contributed by atoms with E-state index in [2.05, 4.69) is 174 Å². The molecule has 8 aromatic carbocycles. The second-order valence-corrected chi connectivity index (χ2v) is 14.3. The van der Waals surface area contributed by atoms with Crippen LogP contribution in [0.15, 0.2) is 180 Å². The van der Waals surface area contributed by atoms with E-state index in [0.29, 0.717) is 0 Å². The maximum Gasteiger partial charge on any atom is 0.160 e. The minimum absolute atomic E-state index is 0.906. The second-order valence-electron chi connectivity index (χ2n) is 13.3. The molecule has 0 amide bonds. The maximum atomic E-state index is 6.65. The van der Waals surface area contributed by atoms with Crippen LogP contribution in [0.2, 0.25) is 0 Å². The average Bonchev–Trinajstić information content (AvgIpc) is 3.88. The summed E-state index contributed by atoms with van der Waals surface area (Å²) in [5.74, 6) is 0. The van der Waals surface area contributed by atoms with Crippen LogP contribution in [0, 0.1) is 0 Å². The van der Waals surface area contributed by atoms with Gasteiger partial charge in [0.25, 0.3) is 0 Å². The largest absolute Gasteiger partial charge is 0.454 e. The summed E-state index contributed by atoms with van der Waals surface area (Å²) in [5.41, 5.74) is 12.5. The monoisotopic (exact) mass is 667 g/mol. The Balaban J connectivity index is 1.07. The van der Waals surface area contributed by atoms with Gasteiger partial charge in [-0.05, 0) is 81.9 Å². The van der Waals surface area contributed by atoms with Crippen LogP contribution in [-0.2, 0) is 0 Å². The molecule has 238 valence electrons. The molecular weight excluding hydrogens is 639 g/mol. The fraction of sp³-hybridized carbons (Fsp3) is 0. The fourth-order valence-electron chi connectivity index (χ4n) is 8.00. The number of furan rings is 1. The zero-order valence-electron chi connectivity index (χ0n) is 27.5. The van der Waals surface area contributed by atoms with E-state index in [4.69, 9.17) is 4.42 Å². The Labute approximate surface area is 298 Å². The van der Waals surface area contributed by atoms with Crippen LogP contribution in [0.1, 0.15) is 0 Å². The quantitative estimate of drug-likeness (QED) is 0.183. The summed E-state index contributed by atoms with van der Waals surface area (Å²) in [6.45, 7) is 0. The van der Waals surface area contributed by atoms with Crippen molar-refractivity contribution < 1.29 is 4.42 Å². The minimum atomic E-state index is 0.906. The Hall–Kier alpha value is -6.42. The molecule has 0 saturated carbocycles. The van der Waals surface area contributed by atoms with Crippen molar-refractivity contribution in [2.24, 2.45) is 0 Å². The third-order valence-corrected chi connectivity index (χ3v) is 11.6. The Morgan fingerprint density at radius 3 is 1.98 bits per heavy atom. The van der Waals surface area contributed by atoms with Gasteiger partial charge < -0.3 is 8.98 Å². The van der Waals surface area contributed by atoms with E-state index in [1.54, 1.807) is 0 Å². The predicted octanol–water partition coefficient (Wildman–Crippen LogP) is 14.1. The number of hydrogen-bond acceptors (Lipinski definition) is 2. The van der Waals surface area contributed by atoms with Gasteiger partial charge in [0.2, 0.25) is 0 Å². The van der Waals surface area contributed by atoms with Gasteiger partial charge in [-0.1, -0.05) is 127 Å². The molecule has 3 aromatic heterocycles. The Bertz CT molecular complexity index is 3120. The van der Waals surface area contributed by atoms with Crippen molar-refractivity contribution in [3.8, 4) is 39.1 Å². The third-order valence-electron chi connectivity index (χ3n) is 10.4. The van der Waals surface area contributed by atoms with Gasteiger partial charge in [0.1, 0.15) is 5.58 Å². The van der Waals surface area contributed by atoms with E-state index < -0.39 is 0 Å². The number of benzene rings is 8. The molecule has 3 heteroatoms. The first-order chi connectivity index (χ1) is 25.3. The van der Waals surface area contributed by atoms with Crippen LogP contribution in [0.5, 0.6) is 0 Å². The lowest BCUT2D eigenvalue weighted by Gasteiger charge is -2.11. The molecule has 11 aromatic rings. The van der Waals surface area contributed by atoms with Gasteiger partial charge in [-0.15, -0.1) is 11.3 Å². The van der Waals surface area contributed by atoms with Gasteiger partial charge in [-0.2, -0.15) is 0 Å². The van der Waals surface area contributed by atoms with Crippen LogP contribution in [0.25, 0.3) is 103 Å². The van der Waals surface area contributed by atoms with Crippen molar-refractivity contribution in [2.45, 2.75) is 0 Å². The van der Waals surface area contributed by atoms with E-state index >= 15 is 0 Å². The standard InChI is InChI=1S/C48H29NOS/c1-2-10-30(11-3-1)33-22-27-43-42(29-33)39-25-26-40-37-14-4-6-18-44(37)50-47(40)46(39)49(43)35-23-20-31(21-24-35)32-12-8-13-34(28-32)36-16-9-17-41-38-15-5-7-19-45(38)51-48(36)41/h1-29H. The van der Waals surface area contributed by atoms with Gasteiger partial charge in [0.15, 0.2) is 5.58 Å². The lowest BCUT2D eigenvalue weighted by molar-refractivity contribution is 0.671. The molecule has 0 aliphatic carbocycles. The van der Waals surface area contributed by atoms with Gasteiger partial charge in [-0.25, -0.2) is 0 Å². The predicted molar refractivity (Wildman–Crippen MR) is 217 cm³/mol. The summed E-state index contributed by atoms with van der Waals surface area (Å²) in [6, 6.07) is 63.6. The number of para-hydroxylation sites is 1. The molecule has 0 fully saturated rings. The molecule has 0 bridgehead atoms. The Morgan fingerprint density at radius 2 is 1.08 bits per heavy atom. The van der Waals surface area contributed by atoms with Crippen molar-refractivity contribution in [1.29, 1.82) is 0 Å². The van der Waals surface area contributed by atoms with E-state index in [0.717, 1.165) is 38.7 Å². The van der Waals surface area contributed by atoms with Crippen molar-refractivity contribution in [1.82, 2.24) is 4.57 Å². The summed E-state index contributed by atoms with van der Waals surface area (Å²) in [7, 11) is 0.